The van der Waals surface area contributed by atoms with Gasteiger partial charge in [0.2, 0.25) is 0 Å². The number of ether oxygens (including phenoxy) is 3. The van der Waals surface area contributed by atoms with Crippen LogP contribution in [0, 0.1) is 0 Å². The van der Waals surface area contributed by atoms with Gasteiger partial charge in [-0.05, 0) is 96.3 Å². The summed E-state index contributed by atoms with van der Waals surface area (Å²) in [7, 11) is 0. The highest BCUT2D eigenvalue weighted by molar-refractivity contribution is 5.71. The lowest BCUT2D eigenvalue weighted by Crippen LogP contribution is -2.30. The molecule has 0 fully saturated rings. The molecule has 0 saturated heterocycles. The molecule has 0 spiro atoms. The summed E-state index contributed by atoms with van der Waals surface area (Å²) in [4.78, 5) is 38.2. The summed E-state index contributed by atoms with van der Waals surface area (Å²) in [6.07, 6.45) is 80.1. The van der Waals surface area contributed by atoms with Crippen LogP contribution < -0.4 is 0 Å². The Balaban J connectivity index is 4.49. The van der Waals surface area contributed by atoms with Gasteiger partial charge in [0.05, 0.1) is 0 Å². The van der Waals surface area contributed by atoms with Crippen LogP contribution in [0.1, 0.15) is 303 Å². The van der Waals surface area contributed by atoms with Crippen LogP contribution in [0.15, 0.2) is 85.1 Å². The van der Waals surface area contributed by atoms with E-state index in [0.29, 0.717) is 19.3 Å². The quantitative estimate of drug-likeness (QED) is 0.0261. The zero-order valence-corrected chi connectivity index (χ0v) is 48.1. The van der Waals surface area contributed by atoms with Gasteiger partial charge < -0.3 is 14.2 Å². The smallest absolute Gasteiger partial charge is 0.306 e. The van der Waals surface area contributed by atoms with Crippen LogP contribution in [-0.4, -0.2) is 37.2 Å². The van der Waals surface area contributed by atoms with Gasteiger partial charge >= 0.3 is 17.9 Å². The summed E-state index contributed by atoms with van der Waals surface area (Å²) >= 11 is 0. The molecule has 0 bridgehead atoms. The first-order valence-electron chi connectivity index (χ1n) is 31.1. The van der Waals surface area contributed by atoms with Crippen LogP contribution in [0.5, 0.6) is 0 Å². The molecule has 0 unspecified atom stereocenters. The Labute approximate surface area is 452 Å². The fourth-order valence-corrected chi connectivity index (χ4v) is 8.68. The number of unbranched alkanes of at least 4 members (excludes halogenated alkanes) is 31. The van der Waals surface area contributed by atoms with Crippen molar-refractivity contribution in [2.24, 2.45) is 0 Å². The first-order valence-corrected chi connectivity index (χ1v) is 31.1. The first-order chi connectivity index (χ1) is 36.0. The third kappa shape index (κ3) is 59.3. The van der Waals surface area contributed by atoms with E-state index >= 15 is 0 Å². The largest absolute Gasteiger partial charge is 0.462 e. The molecule has 0 aromatic rings. The highest BCUT2D eigenvalue weighted by Crippen LogP contribution is 2.16. The van der Waals surface area contributed by atoms with E-state index in [1.54, 1.807) is 0 Å². The lowest BCUT2D eigenvalue weighted by atomic mass is 10.0. The molecule has 0 rings (SSSR count). The summed E-state index contributed by atoms with van der Waals surface area (Å²) in [5.41, 5.74) is 0. The third-order valence-electron chi connectivity index (χ3n) is 13.4. The Morgan fingerprint density at radius 3 is 0.863 bits per heavy atom. The molecule has 0 aliphatic rings. The number of carbonyl (C=O) groups excluding carboxylic acids is 3. The van der Waals surface area contributed by atoms with Crippen LogP contribution in [-0.2, 0) is 28.6 Å². The first kappa shape index (κ1) is 69.6. The summed E-state index contributed by atoms with van der Waals surface area (Å²) in [6.45, 7) is 6.57. The highest BCUT2D eigenvalue weighted by atomic mass is 16.6. The normalized spacial score (nSPS) is 12.6. The van der Waals surface area contributed by atoms with Gasteiger partial charge in [-0.1, -0.05) is 273 Å². The van der Waals surface area contributed by atoms with Crippen molar-refractivity contribution < 1.29 is 28.6 Å². The minimum Gasteiger partial charge on any atom is -0.462 e. The maximum Gasteiger partial charge on any atom is 0.306 e. The second-order valence-corrected chi connectivity index (χ2v) is 20.6. The van der Waals surface area contributed by atoms with E-state index in [2.05, 4.69) is 106 Å². The number of hydrogen-bond acceptors (Lipinski definition) is 6. The summed E-state index contributed by atoms with van der Waals surface area (Å²) < 4.78 is 16.8. The Hall–Kier alpha value is -3.41. The van der Waals surface area contributed by atoms with Crippen molar-refractivity contribution in [2.45, 2.75) is 309 Å². The lowest BCUT2D eigenvalue weighted by molar-refractivity contribution is -0.167. The number of hydrogen-bond donors (Lipinski definition) is 0. The van der Waals surface area contributed by atoms with Crippen LogP contribution in [0.2, 0.25) is 0 Å². The predicted octanol–water partition coefficient (Wildman–Crippen LogP) is 21.1. The van der Waals surface area contributed by atoms with Gasteiger partial charge in [0.1, 0.15) is 13.2 Å². The van der Waals surface area contributed by atoms with Crippen molar-refractivity contribution in [1.29, 1.82) is 0 Å². The molecular formula is C67H116O6. The molecule has 0 saturated carbocycles. The molecule has 1 atom stereocenters. The van der Waals surface area contributed by atoms with E-state index in [4.69, 9.17) is 14.2 Å². The monoisotopic (exact) mass is 1020 g/mol. The zero-order valence-electron chi connectivity index (χ0n) is 48.1. The molecule has 0 N–H and O–H groups in total. The van der Waals surface area contributed by atoms with Crippen molar-refractivity contribution >= 4 is 17.9 Å². The average molecular weight is 1020 g/mol. The summed E-state index contributed by atoms with van der Waals surface area (Å²) in [5.74, 6) is -0.976. The van der Waals surface area contributed by atoms with Crippen molar-refractivity contribution in [3.8, 4) is 0 Å². The molecule has 0 aliphatic heterocycles. The number of allylic oxidation sites excluding steroid dienone is 14. The Bertz CT molecular complexity index is 1400. The van der Waals surface area contributed by atoms with Gasteiger partial charge in [-0.15, -0.1) is 0 Å². The SMILES string of the molecule is CCCCC/C=C\C/C=C\C/C=C\C/C=C\CCCCCC(=O)OC[C@H](COC(=O)CCC/C=C\C/C=C\C/C=C\CCCCCCCC)OC(=O)CCCCCCCCCCCCCCCCCCCCC. The van der Waals surface area contributed by atoms with Crippen LogP contribution in [0.25, 0.3) is 0 Å². The lowest BCUT2D eigenvalue weighted by Gasteiger charge is -2.18. The number of esters is 3. The third-order valence-corrected chi connectivity index (χ3v) is 13.4. The molecule has 6 nitrogen and oxygen atoms in total. The van der Waals surface area contributed by atoms with E-state index in [1.165, 1.54) is 173 Å². The van der Waals surface area contributed by atoms with Crippen LogP contribution in [0.3, 0.4) is 0 Å². The molecule has 0 aromatic carbocycles. The zero-order chi connectivity index (χ0) is 52.9. The average Bonchev–Trinajstić information content (AvgIpc) is 3.39. The standard InChI is InChI=1S/C67H116O6/c1-4-7-10-13-16-19-22-25-28-31-33-36-39-42-45-48-51-54-57-60-66(69)72-63-64(62-71-65(68)59-56-53-50-47-44-41-38-35-30-27-24-21-18-15-12-9-6-3)73-67(70)61-58-55-52-49-46-43-40-37-34-32-29-26-23-20-17-14-11-8-5-2/h16,19,25,27-28,30,33,36,38,41-42,45,47,50,64H,4-15,17-18,20-24,26,29,31-32,34-35,37,39-40,43-44,46,48-49,51-63H2,1-3H3/b19-16-,28-25-,30-27-,36-33-,41-38-,45-42-,50-47-/t64-/m0/s1. The predicted molar refractivity (Wildman–Crippen MR) is 316 cm³/mol. The topological polar surface area (TPSA) is 78.9 Å². The van der Waals surface area contributed by atoms with E-state index < -0.39 is 6.10 Å². The Kier molecular flexibility index (Phi) is 58.3. The summed E-state index contributed by atoms with van der Waals surface area (Å²) in [5, 5.41) is 0. The van der Waals surface area contributed by atoms with Crippen LogP contribution in [0.4, 0.5) is 0 Å². The molecule has 0 aromatic heterocycles. The fourth-order valence-electron chi connectivity index (χ4n) is 8.68. The van der Waals surface area contributed by atoms with Gasteiger partial charge in [0.25, 0.3) is 0 Å². The summed E-state index contributed by atoms with van der Waals surface area (Å²) in [6, 6.07) is 0. The van der Waals surface area contributed by atoms with Crippen molar-refractivity contribution in [3.63, 3.8) is 0 Å². The minimum absolute atomic E-state index is 0.107. The van der Waals surface area contributed by atoms with E-state index in [9.17, 15) is 14.4 Å². The van der Waals surface area contributed by atoms with Gasteiger partial charge in [-0.25, -0.2) is 0 Å². The van der Waals surface area contributed by atoms with Gasteiger partial charge in [-0.3, -0.25) is 14.4 Å². The molecular weight excluding hydrogens is 901 g/mol. The minimum atomic E-state index is -0.810. The number of carbonyl (C=O) groups is 3. The Morgan fingerprint density at radius 2 is 0.507 bits per heavy atom. The maximum atomic E-state index is 12.9. The van der Waals surface area contributed by atoms with Crippen molar-refractivity contribution in [2.75, 3.05) is 13.2 Å². The number of rotatable bonds is 56. The van der Waals surface area contributed by atoms with E-state index in [-0.39, 0.29) is 37.5 Å². The van der Waals surface area contributed by atoms with Crippen LogP contribution >= 0.6 is 0 Å². The molecule has 0 amide bonds. The maximum absolute atomic E-state index is 12.9. The van der Waals surface area contributed by atoms with E-state index in [0.717, 1.165) is 83.5 Å². The molecule has 0 radical (unpaired) electrons. The second-order valence-electron chi connectivity index (χ2n) is 20.6. The molecule has 0 aliphatic carbocycles. The molecule has 6 heteroatoms. The van der Waals surface area contributed by atoms with Gasteiger partial charge in [0, 0.05) is 19.3 Å². The molecule has 73 heavy (non-hydrogen) atoms. The fraction of sp³-hybridized carbons (Fsp3) is 0.746. The Morgan fingerprint density at radius 1 is 0.274 bits per heavy atom. The highest BCUT2D eigenvalue weighted by Gasteiger charge is 2.19. The van der Waals surface area contributed by atoms with Crippen molar-refractivity contribution in [1.82, 2.24) is 0 Å². The second kappa shape index (κ2) is 61.1. The van der Waals surface area contributed by atoms with E-state index in [1.807, 2.05) is 0 Å². The molecule has 0 heterocycles. The van der Waals surface area contributed by atoms with Gasteiger partial charge in [-0.2, -0.15) is 0 Å². The van der Waals surface area contributed by atoms with Crippen molar-refractivity contribution in [3.05, 3.63) is 85.1 Å². The van der Waals surface area contributed by atoms with Gasteiger partial charge in [0.15, 0.2) is 6.10 Å². The molecule has 420 valence electrons.